The second-order valence-corrected chi connectivity index (χ2v) is 5.99. The van der Waals surface area contributed by atoms with Gasteiger partial charge in [0.25, 0.3) is 0 Å². The van der Waals surface area contributed by atoms with Crippen LogP contribution in [0.25, 0.3) is 11.1 Å². The van der Waals surface area contributed by atoms with Crippen LogP contribution in [0.4, 0.5) is 5.82 Å². The summed E-state index contributed by atoms with van der Waals surface area (Å²) in [5.41, 5.74) is 1.22. The molecular weight excluding hydrogens is 304 g/mol. The molecule has 0 atom stereocenters. The number of pyridine rings is 1. The quantitative estimate of drug-likeness (QED) is 0.659. The molecule has 1 heterocycles. The molecule has 0 aliphatic heterocycles. The molecule has 6 heteroatoms. The molecule has 22 heavy (non-hydrogen) atoms. The Bertz CT molecular complexity index is 712. The molecule has 1 fully saturated rings. The number of rotatable bonds is 4. The maximum absolute atomic E-state index is 12.0. The summed E-state index contributed by atoms with van der Waals surface area (Å²) in [5.74, 6) is 0.320. The minimum Gasteiger partial charge on any atom is -0.504 e. The number of aromatic hydroxyl groups is 2. The topological polar surface area (TPSA) is 73.4 Å². The van der Waals surface area contributed by atoms with Gasteiger partial charge in [0.2, 0.25) is 0 Å². The Hall–Kier alpha value is -2.14. The molecule has 0 spiro atoms. The normalized spacial score (nSPS) is 14.6. The predicted molar refractivity (Wildman–Crippen MR) is 83.5 cm³/mol. The summed E-state index contributed by atoms with van der Waals surface area (Å²) in [5, 5.41) is 19.3. The molecular formula is C16H16ClN2O3+. The standard InChI is InChI=1S/C16H15ClN2O3/c17-13-7-15(21)14(20)6-12(13)11-4-5-16(18-8-11)19(22)9-10-2-1-3-10/h4-8,10H,1-3,9H2,(H-,18,20,21,22)/p+1. The summed E-state index contributed by atoms with van der Waals surface area (Å²) in [6.45, 7) is 0.479. The average molecular weight is 320 g/mol. The van der Waals surface area contributed by atoms with E-state index in [2.05, 4.69) is 4.98 Å². The fourth-order valence-corrected chi connectivity index (χ4v) is 2.74. The van der Waals surface area contributed by atoms with E-state index in [1.165, 1.54) is 18.6 Å². The molecule has 0 amide bonds. The zero-order valence-electron chi connectivity index (χ0n) is 11.9. The number of nitrogens with zero attached hydrogens (tertiary/aromatic N) is 2. The SMILES string of the molecule is O=[N+](CC1CCC1)c1ccc(-c2cc(O)c(O)cc2Cl)cn1. The highest BCUT2D eigenvalue weighted by Crippen LogP contribution is 2.37. The molecule has 1 aliphatic rings. The number of hydrogen-bond donors (Lipinski definition) is 2. The van der Waals surface area contributed by atoms with Crippen molar-refractivity contribution in [1.29, 1.82) is 0 Å². The lowest BCUT2D eigenvalue weighted by Crippen LogP contribution is -2.21. The summed E-state index contributed by atoms with van der Waals surface area (Å²) < 4.78 is 0.920. The first kappa shape index (κ1) is 14.8. The summed E-state index contributed by atoms with van der Waals surface area (Å²) in [7, 11) is 0. The van der Waals surface area contributed by atoms with E-state index >= 15 is 0 Å². The second kappa shape index (κ2) is 5.93. The minimum atomic E-state index is -0.274. The van der Waals surface area contributed by atoms with Gasteiger partial charge < -0.3 is 10.2 Å². The molecule has 114 valence electrons. The molecule has 1 aromatic heterocycles. The Balaban J connectivity index is 1.81. The van der Waals surface area contributed by atoms with Gasteiger partial charge in [-0.05, 0) is 34.7 Å². The van der Waals surface area contributed by atoms with Crippen LogP contribution in [0.3, 0.4) is 0 Å². The van der Waals surface area contributed by atoms with Gasteiger partial charge in [0.15, 0.2) is 11.5 Å². The van der Waals surface area contributed by atoms with E-state index in [0.717, 1.165) is 17.6 Å². The molecule has 1 aliphatic carbocycles. The first-order valence-corrected chi connectivity index (χ1v) is 7.55. The zero-order chi connectivity index (χ0) is 15.7. The Morgan fingerprint density at radius 2 is 1.95 bits per heavy atom. The first-order valence-electron chi connectivity index (χ1n) is 7.17. The maximum atomic E-state index is 12.0. The van der Waals surface area contributed by atoms with Crippen LogP contribution in [0.1, 0.15) is 19.3 Å². The van der Waals surface area contributed by atoms with E-state index < -0.39 is 0 Å². The van der Waals surface area contributed by atoms with Gasteiger partial charge in [-0.3, -0.25) is 0 Å². The Morgan fingerprint density at radius 3 is 2.55 bits per heavy atom. The van der Waals surface area contributed by atoms with E-state index in [1.807, 2.05) is 0 Å². The van der Waals surface area contributed by atoms with Gasteiger partial charge in [-0.15, -0.1) is 0 Å². The minimum absolute atomic E-state index is 0.251. The van der Waals surface area contributed by atoms with Gasteiger partial charge in [-0.2, -0.15) is 0 Å². The third kappa shape index (κ3) is 2.90. The molecule has 2 aromatic rings. The third-order valence-corrected chi connectivity index (χ3v) is 4.34. The number of benzene rings is 1. The van der Waals surface area contributed by atoms with Gasteiger partial charge in [-0.25, -0.2) is 0 Å². The van der Waals surface area contributed by atoms with E-state index in [9.17, 15) is 15.1 Å². The van der Waals surface area contributed by atoms with Crippen LogP contribution in [0, 0.1) is 10.8 Å². The largest absolute Gasteiger partial charge is 0.504 e. The summed E-state index contributed by atoms with van der Waals surface area (Å²) in [6, 6.07) is 6.02. The van der Waals surface area contributed by atoms with Crippen LogP contribution in [0.2, 0.25) is 5.02 Å². The van der Waals surface area contributed by atoms with E-state index in [-0.39, 0.29) is 11.5 Å². The smallest absolute Gasteiger partial charge is 0.360 e. The second-order valence-electron chi connectivity index (χ2n) is 5.58. The fraction of sp³-hybridized carbons (Fsp3) is 0.312. The van der Waals surface area contributed by atoms with Gasteiger partial charge >= 0.3 is 5.82 Å². The van der Waals surface area contributed by atoms with Crippen molar-refractivity contribution in [3.8, 4) is 22.6 Å². The van der Waals surface area contributed by atoms with Gasteiger partial charge in [-0.1, -0.05) is 22.9 Å². The molecule has 0 saturated heterocycles. The van der Waals surface area contributed by atoms with E-state index in [0.29, 0.717) is 34.4 Å². The summed E-state index contributed by atoms with van der Waals surface area (Å²) >= 11 is 6.06. The predicted octanol–water partition coefficient (Wildman–Crippen LogP) is 4.02. The lowest BCUT2D eigenvalue weighted by molar-refractivity contribution is -0.478. The lowest BCUT2D eigenvalue weighted by atomic mass is 9.85. The van der Waals surface area contributed by atoms with E-state index in [4.69, 9.17) is 11.6 Å². The van der Waals surface area contributed by atoms with Crippen molar-refractivity contribution in [2.75, 3.05) is 6.54 Å². The van der Waals surface area contributed by atoms with E-state index in [1.54, 1.807) is 18.3 Å². The number of hydrogen-bond acceptors (Lipinski definition) is 4. The monoisotopic (exact) mass is 319 g/mol. The Kier molecular flexibility index (Phi) is 3.98. The van der Waals surface area contributed by atoms with Crippen LogP contribution in [-0.4, -0.2) is 26.5 Å². The molecule has 1 saturated carbocycles. The van der Waals surface area contributed by atoms with Crippen molar-refractivity contribution < 1.29 is 15.0 Å². The molecule has 0 bridgehead atoms. The van der Waals surface area contributed by atoms with Crippen molar-refractivity contribution in [3.05, 3.63) is 40.4 Å². The number of aromatic nitrogens is 1. The summed E-state index contributed by atoms with van der Waals surface area (Å²) in [4.78, 5) is 16.2. The van der Waals surface area contributed by atoms with Crippen molar-refractivity contribution in [2.24, 2.45) is 5.92 Å². The highest BCUT2D eigenvalue weighted by atomic mass is 35.5. The molecule has 5 nitrogen and oxygen atoms in total. The Labute approximate surface area is 132 Å². The van der Waals surface area contributed by atoms with Crippen molar-refractivity contribution in [2.45, 2.75) is 19.3 Å². The van der Waals surface area contributed by atoms with Crippen LogP contribution in [0.5, 0.6) is 11.5 Å². The summed E-state index contributed by atoms with van der Waals surface area (Å²) in [6.07, 6.45) is 4.96. The molecule has 3 rings (SSSR count). The van der Waals surface area contributed by atoms with Crippen LogP contribution >= 0.6 is 11.6 Å². The molecule has 1 aromatic carbocycles. The van der Waals surface area contributed by atoms with Crippen molar-refractivity contribution in [3.63, 3.8) is 0 Å². The number of nitroso groups, excluding NO2 is 1. The molecule has 0 radical (unpaired) electrons. The Morgan fingerprint density at radius 1 is 1.23 bits per heavy atom. The van der Waals surface area contributed by atoms with Crippen molar-refractivity contribution >= 4 is 17.4 Å². The van der Waals surface area contributed by atoms with Gasteiger partial charge in [0.1, 0.15) is 12.7 Å². The van der Waals surface area contributed by atoms with Crippen molar-refractivity contribution in [1.82, 2.24) is 4.98 Å². The average Bonchev–Trinajstić information content (AvgIpc) is 2.47. The number of phenolic OH excluding ortho intramolecular Hbond substituents is 2. The third-order valence-electron chi connectivity index (χ3n) is 4.03. The lowest BCUT2D eigenvalue weighted by Gasteiger charge is -2.21. The highest BCUT2D eigenvalue weighted by Gasteiger charge is 2.25. The number of halogens is 1. The molecule has 0 unspecified atom stereocenters. The van der Waals surface area contributed by atoms with Gasteiger partial charge in [0, 0.05) is 29.2 Å². The zero-order valence-corrected chi connectivity index (χ0v) is 12.6. The van der Waals surface area contributed by atoms with Crippen LogP contribution in [-0.2, 0) is 0 Å². The van der Waals surface area contributed by atoms with Gasteiger partial charge in [0.05, 0.1) is 5.02 Å². The molecule has 2 N–H and O–H groups in total. The van der Waals surface area contributed by atoms with Crippen LogP contribution in [0.15, 0.2) is 30.5 Å². The van der Waals surface area contributed by atoms with Crippen LogP contribution < -0.4 is 0 Å². The fourth-order valence-electron chi connectivity index (χ4n) is 2.47. The highest BCUT2D eigenvalue weighted by molar-refractivity contribution is 6.33. The first-order chi connectivity index (χ1) is 10.5. The number of phenols is 2. The maximum Gasteiger partial charge on any atom is 0.360 e.